The average Bonchev–Trinajstić information content (AvgIpc) is 3.00. The van der Waals surface area contributed by atoms with Gasteiger partial charge in [0.2, 0.25) is 0 Å². The third-order valence-electron chi connectivity index (χ3n) is 1.97. The molecule has 1 fully saturated rings. The third kappa shape index (κ3) is 3.64. The van der Waals surface area contributed by atoms with Crippen LogP contribution in [0.3, 0.4) is 0 Å². The van der Waals surface area contributed by atoms with Crippen LogP contribution in [0.1, 0.15) is 6.92 Å². The molecule has 0 radical (unpaired) electrons. The van der Waals surface area contributed by atoms with Gasteiger partial charge in [0.15, 0.2) is 0 Å². The van der Waals surface area contributed by atoms with Gasteiger partial charge in [0.1, 0.15) is 12.3 Å². The third-order valence-corrected chi connectivity index (χ3v) is 4.50. The highest BCUT2D eigenvalue weighted by atomic mass is 28.4. The van der Waals surface area contributed by atoms with Gasteiger partial charge < -0.3 is 22.8 Å². The SMILES string of the molecule is CCO[Si](COCC1CO1)(OC)OC. The molecule has 0 aliphatic carbocycles. The first-order chi connectivity index (χ1) is 6.76. The predicted octanol–water partition coefficient (Wildman–Crippen LogP) is 0.209. The maximum Gasteiger partial charge on any atom is 0.527 e. The average molecular weight is 222 g/mol. The molecule has 0 bridgehead atoms. The normalized spacial score (nSPS) is 21.2. The van der Waals surface area contributed by atoms with Gasteiger partial charge in [-0.3, -0.25) is 0 Å². The molecule has 1 saturated heterocycles. The molecular weight excluding hydrogens is 204 g/mol. The number of epoxide rings is 1. The van der Waals surface area contributed by atoms with Crippen molar-refractivity contribution >= 4 is 8.80 Å². The Morgan fingerprint density at radius 3 is 2.43 bits per heavy atom. The van der Waals surface area contributed by atoms with Gasteiger partial charge in [-0.25, -0.2) is 0 Å². The maximum absolute atomic E-state index is 5.46. The molecule has 5 nitrogen and oxygen atoms in total. The summed E-state index contributed by atoms with van der Waals surface area (Å²) in [6, 6.07) is 0. The molecule has 1 aliphatic rings. The maximum atomic E-state index is 5.46. The van der Waals surface area contributed by atoms with Crippen molar-refractivity contribution in [3.8, 4) is 0 Å². The molecular formula is C8H18O5Si. The Hall–Kier alpha value is 0.0169. The molecule has 0 saturated carbocycles. The number of hydrogen-bond donors (Lipinski definition) is 0. The fourth-order valence-corrected chi connectivity index (χ4v) is 2.59. The van der Waals surface area contributed by atoms with Crippen LogP contribution < -0.4 is 0 Å². The Morgan fingerprint density at radius 1 is 1.36 bits per heavy atom. The molecule has 1 heterocycles. The first-order valence-corrected chi connectivity index (χ1v) is 6.63. The van der Waals surface area contributed by atoms with E-state index in [1.165, 1.54) is 0 Å². The summed E-state index contributed by atoms with van der Waals surface area (Å²) in [4.78, 5) is 0. The van der Waals surface area contributed by atoms with E-state index in [1.54, 1.807) is 14.2 Å². The van der Waals surface area contributed by atoms with E-state index >= 15 is 0 Å². The summed E-state index contributed by atoms with van der Waals surface area (Å²) >= 11 is 0. The van der Waals surface area contributed by atoms with E-state index in [1.807, 2.05) is 6.92 Å². The quantitative estimate of drug-likeness (QED) is 0.434. The molecule has 6 heteroatoms. The van der Waals surface area contributed by atoms with Gasteiger partial charge in [0, 0.05) is 20.8 Å². The van der Waals surface area contributed by atoms with E-state index in [9.17, 15) is 0 Å². The molecule has 1 atom stereocenters. The molecule has 1 rings (SSSR count). The molecule has 1 aliphatic heterocycles. The molecule has 0 aromatic heterocycles. The zero-order valence-corrected chi connectivity index (χ0v) is 9.95. The Labute approximate surface area is 85.6 Å². The highest BCUT2D eigenvalue weighted by molar-refractivity contribution is 6.60. The van der Waals surface area contributed by atoms with Gasteiger partial charge in [-0.05, 0) is 6.92 Å². The van der Waals surface area contributed by atoms with Crippen molar-refractivity contribution in [3.63, 3.8) is 0 Å². The van der Waals surface area contributed by atoms with Crippen molar-refractivity contribution in [2.24, 2.45) is 0 Å². The first-order valence-electron chi connectivity index (χ1n) is 4.70. The van der Waals surface area contributed by atoms with Crippen molar-refractivity contribution < 1.29 is 22.8 Å². The molecule has 0 amide bonds. The summed E-state index contributed by atoms with van der Waals surface area (Å²) in [5.74, 6) is 0. The molecule has 14 heavy (non-hydrogen) atoms. The van der Waals surface area contributed by atoms with Crippen LogP contribution in [0, 0.1) is 0 Å². The standard InChI is InChI=1S/C8H18O5Si/c1-4-13-14(9-2,10-3)7-11-5-8-6-12-8/h8H,4-7H2,1-3H3. The molecule has 0 aromatic carbocycles. The van der Waals surface area contributed by atoms with Crippen LogP contribution >= 0.6 is 0 Å². The van der Waals surface area contributed by atoms with E-state index < -0.39 is 8.80 Å². The summed E-state index contributed by atoms with van der Waals surface area (Å²) < 4.78 is 26.4. The van der Waals surface area contributed by atoms with Crippen molar-refractivity contribution in [2.45, 2.75) is 13.0 Å². The molecule has 0 aromatic rings. The van der Waals surface area contributed by atoms with Crippen LogP contribution in [-0.2, 0) is 22.8 Å². The van der Waals surface area contributed by atoms with Crippen LogP contribution in [0.15, 0.2) is 0 Å². The van der Waals surface area contributed by atoms with E-state index in [0.717, 1.165) is 6.61 Å². The van der Waals surface area contributed by atoms with Crippen molar-refractivity contribution in [2.75, 3.05) is 40.3 Å². The minimum Gasteiger partial charge on any atom is -0.375 e. The Bertz CT molecular complexity index is 158. The largest absolute Gasteiger partial charge is 0.527 e. The fraction of sp³-hybridized carbons (Fsp3) is 1.00. The van der Waals surface area contributed by atoms with Crippen LogP contribution in [0.5, 0.6) is 0 Å². The highest BCUT2D eigenvalue weighted by Gasteiger charge is 2.40. The molecule has 84 valence electrons. The lowest BCUT2D eigenvalue weighted by atomic mass is 10.5. The molecule has 0 spiro atoms. The number of rotatable bonds is 8. The van der Waals surface area contributed by atoms with E-state index in [4.69, 9.17) is 22.8 Å². The summed E-state index contributed by atoms with van der Waals surface area (Å²) in [6.07, 6.45) is 0.644. The fourth-order valence-electron chi connectivity index (χ4n) is 1.06. The Kier molecular flexibility index (Phi) is 5.00. The van der Waals surface area contributed by atoms with E-state index in [-0.39, 0.29) is 6.10 Å². The van der Waals surface area contributed by atoms with Gasteiger partial charge in [0.05, 0.1) is 13.2 Å². The zero-order chi connectivity index (χ0) is 10.4. The minimum absolute atomic E-state index is 0.261. The van der Waals surface area contributed by atoms with Gasteiger partial charge >= 0.3 is 8.80 Å². The minimum atomic E-state index is -2.56. The van der Waals surface area contributed by atoms with E-state index in [0.29, 0.717) is 19.4 Å². The monoisotopic (exact) mass is 222 g/mol. The summed E-state index contributed by atoms with van der Waals surface area (Å²) in [5, 5.41) is 0. The van der Waals surface area contributed by atoms with Crippen molar-refractivity contribution in [3.05, 3.63) is 0 Å². The van der Waals surface area contributed by atoms with Gasteiger partial charge in [-0.1, -0.05) is 0 Å². The van der Waals surface area contributed by atoms with Crippen LogP contribution in [0.4, 0.5) is 0 Å². The second-order valence-electron chi connectivity index (χ2n) is 2.99. The van der Waals surface area contributed by atoms with E-state index in [2.05, 4.69) is 0 Å². The van der Waals surface area contributed by atoms with Crippen molar-refractivity contribution in [1.29, 1.82) is 0 Å². The highest BCUT2D eigenvalue weighted by Crippen LogP contribution is 2.12. The van der Waals surface area contributed by atoms with Gasteiger partial charge in [0.25, 0.3) is 0 Å². The lowest BCUT2D eigenvalue weighted by molar-refractivity contribution is 0.0478. The summed E-state index contributed by atoms with van der Waals surface area (Å²) in [6.45, 7) is 3.86. The summed E-state index contributed by atoms with van der Waals surface area (Å²) in [7, 11) is 0.611. The van der Waals surface area contributed by atoms with Crippen molar-refractivity contribution in [1.82, 2.24) is 0 Å². The second-order valence-corrected chi connectivity index (χ2v) is 5.75. The topological polar surface area (TPSA) is 49.5 Å². The lowest BCUT2D eigenvalue weighted by Gasteiger charge is -2.25. The van der Waals surface area contributed by atoms with Crippen LogP contribution in [0.25, 0.3) is 0 Å². The lowest BCUT2D eigenvalue weighted by Crippen LogP contribution is -2.49. The molecule has 0 N–H and O–H groups in total. The number of hydrogen-bond acceptors (Lipinski definition) is 5. The van der Waals surface area contributed by atoms with Gasteiger partial charge in [-0.2, -0.15) is 0 Å². The zero-order valence-electron chi connectivity index (χ0n) is 8.95. The van der Waals surface area contributed by atoms with Gasteiger partial charge in [-0.15, -0.1) is 0 Å². The number of ether oxygens (including phenoxy) is 2. The smallest absolute Gasteiger partial charge is 0.375 e. The predicted molar refractivity (Wildman–Crippen MR) is 52.0 cm³/mol. The summed E-state index contributed by atoms with van der Waals surface area (Å²) in [5.41, 5.74) is 0. The first kappa shape index (κ1) is 12.1. The Morgan fingerprint density at radius 2 is 2.00 bits per heavy atom. The van der Waals surface area contributed by atoms with Crippen LogP contribution in [0.2, 0.25) is 0 Å². The molecule has 1 unspecified atom stereocenters. The van der Waals surface area contributed by atoms with Crippen LogP contribution in [-0.4, -0.2) is 55.2 Å². The Balaban J connectivity index is 2.23. The second kappa shape index (κ2) is 5.79.